The number of carboxylic acid groups (broad SMARTS) is 1. The van der Waals surface area contributed by atoms with Gasteiger partial charge in [0.25, 0.3) is 0 Å². The molecule has 1 aromatic rings. The van der Waals surface area contributed by atoms with E-state index in [0.29, 0.717) is 18.0 Å². The third-order valence-electron chi connectivity index (χ3n) is 6.37. The van der Waals surface area contributed by atoms with Gasteiger partial charge in [-0.2, -0.15) is 17.5 Å². The summed E-state index contributed by atoms with van der Waals surface area (Å²) in [6, 6.07) is 3.74. The fourth-order valence-corrected chi connectivity index (χ4v) is 6.29. The number of amides is 1. The number of benzene rings is 1. The van der Waals surface area contributed by atoms with Crippen LogP contribution in [0.2, 0.25) is 0 Å². The number of halogens is 3. The molecule has 0 unspecified atom stereocenters. The Balaban J connectivity index is 0.000000540. The zero-order valence-corrected chi connectivity index (χ0v) is 21.1. The molecule has 0 radical (unpaired) electrons. The molecule has 1 saturated heterocycles. The van der Waals surface area contributed by atoms with Gasteiger partial charge in [-0.15, -0.1) is 0 Å². The van der Waals surface area contributed by atoms with E-state index < -0.39 is 22.2 Å². The average molecular weight is 522 g/mol. The van der Waals surface area contributed by atoms with Crippen LogP contribution in [0.5, 0.6) is 0 Å². The van der Waals surface area contributed by atoms with Crippen molar-refractivity contribution in [2.75, 3.05) is 32.7 Å². The molecule has 0 atom stereocenters. The Labute approximate surface area is 204 Å². The highest BCUT2D eigenvalue weighted by atomic mass is 32.2. The molecular weight excluding hydrogens is 487 g/mol. The van der Waals surface area contributed by atoms with Crippen molar-refractivity contribution in [1.29, 1.82) is 0 Å². The number of aliphatic carboxylic acids is 1. The maximum absolute atomic E-state index is 13.6. The van der Waals surface area contributed by atoms with Crippen LogP contribution < -0.4 is 5.32 Å². The summed E-state index contributed by atoms with van der Waals surface area (Å²) in [6.45, 7) is 9.08. The van der Waals surface area contributed by atoms with Crippen LogP contribution in [0.3, 0.4) is 0 Å². The quantitative estimate of drug-likeness (QED) is 0.596. The minimum Gasteiger partial charge on any atom is -0.475 e. The van der Waals surface area contributed by atoms with Crippen molar-refractivity contribution in [3.05, 3.63) is 28.8 Å². The number of nitrogens with zero attached hydrogens (tertiary/aromatic N) is 2. The molecule has 0 bridgehead atoms. The Morgan fingerprint density at radius 2 is 1.57 bits per heavy atom. The molecule has 35 heavy (non-hydrogen) atoms. The zero-order chi connectivity index (χ0) is 26.4. The number of sulfonamides is 1. The molecule has 1 aromatic carbocycles. The van der Waals surface area contributed by atoms with Crippen molar-refractivity contribution in [2.45, 2.75) is 70.0 Å². The van der Waals surface area contributed by atoms with Crippen molar-refractivity contribution >= 4 is 21.9 Å². The Morgan fingerprint density at radius 3 is 2.09 bits per heavy atom. The number of alkyl halides is 3. The number of piperazine rings is 1. The van der Waals surface area contributed by atoms with Gasteiger partial charge in [-0.05, 0) is 56.4 Å². The molecule has 198 valence electrons. The number of carbonyl (C=O) groups is 2. The van der Waals surface area contributed by atoms with Crippen LogP contribution in [0.25, 0.3) is 0 Å². The summed E-state index contributed by atoms with van der Waals surface area (Å²) >= 11 is 0. The number of hydrogen-bond acceptors (Lipinski definition) is 5. The van der Waals surface area contributed by atoms with Crippen LogP contribution in [-0.2, 0) is 19.6 Å². The van der Waals surface area contributed by atoms with Crippen LogP contribution in [0.1, 0.15) is 48.8 Å². The number of nitrogens with one attached hydrogen (secondary N) is 1. The molecule has 1 heterocycles. The Morgan fingerprint density at radius 1 is 1.06 bits per heavy atom. The van der Waals surface area contributed by atoms with E-state index >= 15 is 0 Å². The highest BCUT2D eigenvalue weighted by Gasteiger charge is 2.38. The Hall–Kier alpha value is -2.18. The molecule has 2 N–H and O–H groups in total. The van der Waals surface area contributed by atoms with E-state index in [1.807, 2.05) is 31.7 Å². The summed E-state index contributed by atoms with van der Waals surface area (Å²) in [6.07, 6.45) is -0.974. The van der Waals surface area contributed by atoms with E-state index in [4.69, 9.17) is 9.90 Å². The first-order chi connectivity index (χ1) is 16.2. The van der Waals surface area contributed by atoms with Crippen molar-refractivity contribution in [1.82, 2.24) is 14.5 Å². The van der Waals surface area contributed by atoms with Crippen LogP contribution >= 0.6 is 0 Å². The smallest absolute Gasteiger partial charge is 0.475 e. The first kappa shape index (κ1) is 29.1. The second-order valence-corrected chi connectivity index (χ2v) is 10.8. The number of rotatable bonds is 6. The van der Waals surface area contributed by atoms with Gasteiger partial charge in [0, 0.05) is 45.2 Å². The minimum atomic E-state index is -5.08. The van der Waals surface area contributed by atoms with Crippen LogP contribution in [0, 0.1) is 20.8 Å². The lowest BCUT2D eigenvalue weighted by Crippen LogP contribution is -2.48. The predicted octanol–water partition coefficient (Wildman–Crippen LogP) is 3.00. The molecule has 1 saturated carbocycles. The van der Waals surface area contributed by atoms with Gasteiger partial charge in [0.2, 0.25) is 15.9 Å². The lowest BCUT2D eigenvalue weighted by Gasteiger charge is -2.31. The fourth-order valence-electron chi connectivity index (χ4n) is 4.31. The second-order valence-electron chi connectivity index (χ2n) is 8.94. The van der Waals surface area contributed by atoms with E-state index in [1.54, 1.807) is 10.4 Å². The van der Waals surface area contributed by atoms with Gasteiger partial charge in [-0.3, -0.25) is 4.79 Å². The summed E-state index contributed by atoms with van der Waals surface area (Å²) in [5, 5.41) is 10.4. The molecule has 2 fully saturated rings. The lowest BCUT2D eigenvalue weighted by atomic mass is 10.1. The van der Waals surface area contributed by atoms with Crippen molar-refractivity contribution in [3.8, 4) is 0 Å². The van der Waals surface area contributed by atoms with E-state index in [1.165, 1.54) is 0 Å². The summed E-state index contributed by atoms with van der Waals surface area (Å²) in [5.74, 6) is -2.70. The van der Waals surface area contributed by atoms with E-state index in [2.05, 4.69) is 5.32 Å². The molecule has 12 heteroatoms. The number of carboxylic acids is 1. The van der Waals surface area contributed by atoms with E-state index in [9.17, 15) is 26.4 Å². The monoisotopic (exact) mass is 521 g/mol. The highest BCUT2D eigenvalue weighted by molar-refractivity contribution is 7.89. The normalized spacial score (nSPS) is 17.3. The maximum Gasteiger partial charge on any atom is 0.490 e. The summed E-state index contributed by atoms with van der Waals surface area (Å²) in [5.41, 5.74) is 2.85. The lowest BCUT2D eigenvalue weighted by molar-refractivity contribution is -0.192. The van der Waals surface area contributed by atoms with Crippen molar-refractivity contribution in [2.24, 2.45) is 0 Å². The first-order valence-corrected chi connectivity index (χ1v) is 13.1. The zero-order valence-electron chi connectivity index (χ0n) is 20.3. The Kier molecular flexibility index (Phi) is 10.1. The topological polar surface area (TPSA) is 107 Å². The van der Waals surface area contributed by atoms with Gasteiger partial charge in [0.1, 0.15) is 0 Å². The molecule has 1 aliphatic carbocycles. The van der Waals surface area contributed by atoms with Gasteiger partial charge in [-0.25, -0.2) is 13.2 Å². The summed E-state index contributed by atoms with van der Waals surface area (Å²) < 4.78 is 60.5. The molecular formula is C23H34F3N3O5S. The standard InChI is InChI=1S/C21H33N3O3S.C2HF3O2/c1-16-14-18(3)20(15-17(16)2)28(26,27)24(19-6-4-5-7-19)11-8-21(25)23-12-9-22-10-13-23;3-2(4,5)1(6)7/h14-15,19,22H,4-13H2,1-3H3;(H,6,7). The summed E-state index contributed by atoms with van der Waals surface area (Å²) in [7, 11) is -3.63. The predicted molar refractivity (Wildman–Crippen MR) is 125 cm³/mol. The van der Waals surface area contributed by atoms with Gasteiger partial charge in [0.05, 0.1) is 4.90 Å². The van der Waals surface area contributed by atoms with Crippen LogP contribution in [0.4, 0.5) is 13.2 Å². The molecule has 8 nitrogen and oxygen atoms in total. The average Bonchev–Trinajstić information content (AvgIpc) is 3.30. The van der Waals surface area contributed by atoms with E-state index in [0.717, 1.165) is 55.5 Å². The van der Waals surface area contributed by atoms with Gasteiger partial charge in [-0.1, -0.05) is 18.9 Å². The first-order valence-electron chi connectivity index (χ1n) is 11.6. The highest BCUT2D eigenvalue weighted by Crippen LogP contribution is 2.31. The third kappa shape index (κ3) is 7.91. The third-order valence-corrected chi connectivity index (χ3v) is 8.46. The van der Waals surface area contributed by atoms with Crippen LogP contribution in [-0.4, -0.2) is 79.5 Å². The fraction of sp³-hybridized carbons (Fsp3) is 0.652. The van der Waals surface area contributed by atoms with E-state index in [-0.39, 0.29) is 24.9 Å². The largest absolute Gasteiger partial charge is 0.490 e. The van der Waals surface area contributed by atoms with Crippen LogP contribution in [0.15, 0.2) is 17.0 Å². The molecule has 0 aromatic heterocycles. The van der Waals surface area contributed by atoms with Gasteiger partial charge < -0.3 is 15.3 Å². The van der Waals surface area contributed by atoms with Crippen molar-refractivity contribution in [3.63, 3.8) is 0 Å². The Bertz CT molecular complexity index is 1000. The number of carbonyl (C=O) groups excluding carboxylic acids is 1. The maximum atomic E-state index is 13.6. The molecule has 3 rings (SSSR count). The summed E-state index contributed by atoms with van der Waals surface area (Å²) in [4.78, 5) is 23.7. The second kappa shape index (κ2) is 12.2. The number of aryl methyl sites for hydroxylation is 3. The number of hydrogen-bond donors (Lipinski definition) is 2. The van der Waals surface area contributed by atoms with Gasteiger partial charge in [0.15, 0.2) is 0 Å². The molecule has 1 aliphatic heterocycles. The molecule has 2 aliphatic rings. The minimum absolute atomic E-state index is 0.00170. The SMILES string of the molecule is Cc1cc(C)c(S(=O)(=O)N(CCC(=O)N2CCNCC2)C2CCCC2)cc1C.O=C(O)C(F)(F)F. The molecule has 1 amide bonds. The van der Waals surface area contributed by atoms with Crippen molar-refractivity contribution < 1.29 is 36.3 Å². The van der Waals surface area contributed by atoms with Gasteiger partial charge >= 0.3 is 12.1 Å². The molecule has 0 spiro atoms.